The Bertz CT molecular complexity index is 277. The summed E-state index contributed by atoms with van der Waals surface area (Å²) in [5, 5.41) is 2.60. The first-order valence-electron chi connectivity index (χ1n) is 4.20. The summed E-state index contributed by atoms with van der Waals surface area (Å²) in [4.78, 5) is 11.0. The van der Waals surface area contributed by atoms with Crippen LogP contribution in [0.4, 0.5) is 0 Å². The van der Waals surface area contributed by atoms with Gasteiger partial charge in [-0.05, 0) is 0 Å². The van der Waals surface area contributed by atoms with Gasteiger partial charge in [-0.15, -0.1) is 0 Å². The summed E-state index contributed by atoms with van der Waals surface area (Å²) in [6, 6.07) is 0. The van der Waals surface area contributed by atoms with Crippen molar-refractivity contribution in [1.82, 2.24) is 10.0 Å². The third-order valence-electron chi connectivity index (χ3n) is 1.41. The molecule has 2 N–H and O–H groups in total. The first-order valence-corrected chi connectivity index (χ1v) is 6.97. The van der Waals surface area contributed by atoms with E-state index in [4.69, 9.17) is 0 Å². The summed E-state index contributed by atoms with van der Waals surface area (Å²) in [5.74, 6) is -0.161. The minimum atomic E-state index is -3.22. The van der Waals surface area contributed by atoms with Gasteiger partial charge in [0.15, 0.2) is 0 Å². The minimum Gasteiger partial charge on any atom is -0.355 e. The fourth-order valence-electron chi connectivity index (χ4n) is 0.635. The molecule has 7 heteroatoms. The SMILES string of the molecule is CC(C)C(=O)NCCNS(=O)(=O)CBr. The second-order valence-corrected chi connectivity index (χ2v) is 6.17. The molecule has 0 radical (unpaired) electrons. The molecule has 0 bridgehead atoms. The van der Waals surface area contributed by atoms with Gasteiger partial charge in [-0.2, -0.15) is 0 Å². The maximum absolute atomic E-state index is 11.0. The van der Waals surface area contributed by atoms with Crippen molar-refractivity contribution in [3.05, 3.63) is 0 Å². The predicted octanol–water partition coefficient (Wildman–Crippen LogP) is 0.0304. The molecule has 0 unspecified atom stereocenters. The van der Waals surface area contributed by atoms with Gasteiger partial charge in [0.1, 0.15) is 4.66 Å². The summed E-state index contributed by atoms with van der Waals surface area (Å²) in [6.45, 7) is 4.08. The van der Waals surface area contributed by atoms with Crippen molar-refractivity contribution in [2.75, 3.05) is 17.8 Å². The molecular weight excluding hydrogens is 272 g/mol. The molecule has 0 saturated carbocycles. The molecule has 0 aliphatic rings. The Morgan fingerprint density at radius 1 is 1.36 bits per heavy atom. The van der Waals surface area contributed by atoms with Gasteiger partial charge in [-0.3, -0.25) is 4.79 Å². The van der Waals surface area contributed by atoms with E-state index in [0.717, 1.165) is 0 Å². The zero-order valence-corrected chi connectivity index (χ0v) is 10.6. The molecule has 0 aliphatic carbocycles. The Morgan fingerprint density at radius 2 is 1.93 bits per heavy atom. The molecule has 0 aliphatic heterocycles. The average molecular weight is 287 g/mol. The van der Waals surface area contributed by atoms with Crippen LogP contribution in [0, 0.1) is 5.92 Å². The van der Waals surface area contributed by atoms with Crippen LogP contribution < -0.4 is 10.0 Å². The number of halogens is 1. The standard InChI is InChI=1S/C7H15BrN2O3S/c1-6(2)7(11)9-3-4-10-14(12,13)5-8/h6,10H,3-5H2,1-2H3,(H,9,11). The van der Waals surface area contributed by atoms with Gasteiger partial charge >= 0.3 is 0 Å². The van der Waals surface area contributed by atoms with Gasteiger partial charge < -0.3 is 5.32 Å². The van der Waals surface area contributed by atoms with Crippen LogP contribution in [0.2, 0.25) is 0 Å². The highest BCUT2D eigenvalue weighted by molar-refractivity contribution is 9.10. The largest absolute Gasteiger partial charge is 0.355 e. The third-order valence-corrected chi connectivity index (χ3v) is 4.15. The average Bonchev–Trinajstić information content (AvgIpc) is 2.12. The lowest BCUT2D eigenvalue weighted by molar-refractivity contribution is -0.123. The molecule has 14 heavy (non-hydrogen) atoms. The molecule has 1 amide bonds. The van der Waals surface area contributed by atoms with Gasteiger partial charge in [0.2, 0.25) is 15.9 Å². The van der Waals surface area contributed by atoms with E-state index < -0.39 is 10.0 Å². The molecule has 84 valence electrons. The van der Waals surface area contributed by atoms with Crippen molar-refractivity contribution >= 4 is 31.9 Å². The van der Waals surface area contributed by atoms with E-state index in [2.05, 4.69) is 26.0 Å². The van der Waals surface area contributed by atoms with Crippen LogP contribution in [-0.4, -0.2) is 32.1 Å². The Morgan fingerprint density at radius 3 is 2.36 bits per heavy atom. The zero-order chi connectivity index (χ0) is 11.2. The Labute approximate surface area is 92.8 Å². The number of rotatable bonds is 6. The second kappa shape index (κ2) is 6.36. The number of carbonyl (C=O) groups is 1. The number of hydrogen-bond donors (Lipinski definition) is 2. The van der Waals surface area contributed by atoms with Crippen molar-refractivity contribution in [2.24, 2.45) is 5.92 Å². The summed E-state index contributed by atoms with van der Waals surface area (Å²) >= 11 is 2.84. The lowest BCUT2D eigenvalue weighted by Gasteiger charge is -2.07. The van der Waals surface area contributed by atoms with Crippen molar-refractivity contribution in [3.8, 4) is 0 Å². The molecule has 0 rings (SSSR count). The zero-order valence-electron chi connectivity index (χ0n) is 8.21. The molecule has 0 heterocycles. The number of sulfonamides is 1. The van der Waals surface area contributed by atoms with E-state index in [1.807, 2.05) is 0 Å². The predicted molar refractivity (Wildman–Crippen MR) is 58.6 cm³/mol. The summed E-state index contributed by atoms with van der Waals surface area (Å²) in [5.41, 5.74) is 0. The van der Waals surface area contributed by atoms with Gasteiger partial charge in [0, 0.05) is 19.0 Å². The summed E-state index contributed by atoms with van der Waals surface area (Å²) in [6.07, 6.45) is 0. The van der Waals surface area contributed by atoms with E-state index in [1.54, 1.807) is 13.8 Å². The maximum atomic E-state index is 11.0. The fourth-order valence-corrected chi connectivity index (χ4v) is 1.61. The highest BCUT2D eigenvalue weighted by Gasteiger charge is 2.08. The molecule has 0 aromatic heterocycles. The van der Waals surface area contributed by atoms with Crippen LogP contribution in [-0.2, 0) is 14.8 Å². The van der Waals surface area contributed by atoms with Crippen molar-refractivity contribution in [2.45, 2.75) is 13.8 Å². The highest BCUT2D eigenvalue weighted by Crippen LogP contribution is 1.90. The topological polar surface area (TPSA) is 75.3 Å². The van der Waals surface area contributed by atoms with Crippen LogP contribution in [0.5, 0.6) is 0 Å². The van der Waals surface area contributed by atoms with Gasteiger partial charge in [-0.1, -0.05) is 29.8 Å². The van der Waals surface area contributed by atoms with Gasteiger partial charge in [-0.25, -0.2) is 13.1 Å². The number of hydrogen-bond acceptors (Lipinski definition) is 3. The monoisotopic (exact) mass is 286 g/mol. The molecule has 0 atom stereocenters. The Hall–Kier alpha value is -0.140. The fraction of sp³-hybridized carbons (Fsp3) is 0.857. The lowest BCUT2D eigenvalue weighted by Crippen LogP contribution is -2.36. The third kappa shape index (κ3) is 6.33. The van der Waals surface area contributed by atoms with Crippen molar-refractivity contribution < 1.29 is 13.2 Å². The van der Waals surface area contributed by atoms with E-state index in [9.17, 15) is 13.2 Å². The van der Waals surface area contributed by atoms with Crippen molar-refractivity contribution in [3.63, 3.8) is 0 Å². The summed E-state index contributed by atoms with van der Waals surface area (Å²) < 4.78 is 24.0. The molecule has 0 aromatic carbocycles. The Kier molecular flexibility index (Phi) is 6.30. The van der Waals surface area contributed by atoms with Crippen LogP contribution in [0.1, 0.15) is 13.8 Å². The Balaban J connectivity index is 3.63. The number of carbonyl (C=O) groups excluding carboxylic acids is 1. The molecule has 0 spiro atoms. The number of amides is 1. The number of alkyl halides is 1. The van der Waals surface area contributed by atoms with Crippen LogP contribution in [0.3, 0.4) is 0 Å². The normalized spacial score (nSPS) is 11.7. The molecule has 5 nitrogen and oxygen atoms in total. The van der Waals surface area contributed by atoms with E-state index in [-0.39, 0.29) is 23.0 Å². The number of nitrogens with one attached hydrogen (secondary N) is 2. The van der Waals surface area contributed by atoms with E-state index in [1.165, 1.54) is 0 Å². The lowest BCUT2D eigenvalue weighted by atomic mass is 10.2. The van der Waals surface area contributed by atoms with Crippen LogP contribution >= 0.6 is 15.9 Å². The molecule has 0 aromatic rings. The van der Waals surface area contributed by atoms with E-state index >= 15 is 0 Å². The molecule has 0 fully saturated rings. The molecular formula is C7H15BrN2O3S. The quantitative estimate of drug-likeness (QED) is 0.534. The maximum Gasteiger partial charge on any atom is 0.222 e. The minimum absolute atomic E-state index is 0.0805. The van der Waals surface area contributed by atoms with Gasteiger partial charge in [0.05, 0.1) is 0 Å². The van der Waals surface area contributed by atoms with Crippen LogP contribution in [0.15, 0.2) is 0 Å². The smallest absolute Gasteiger partial charge is 0.222 e. The first kappa shape index (κ1) is 13.9. The first-order chi connectivity index (χ1) is 6.39. The van der Waals surface area contributed by atoms with Gasteiger partial charge in [0.25, 0.3) is 0 Å². The van der Waals surface area contributed by atoms with Crippen LogP contribution in [0.25, 0.3) is 0 Å². The highest BCUT2D eigenvalue weighted by atomic mass is 79.9. The van der Waals surface area contributed by atoms with E-state index in [0.29, 0.717) is 6.54 Å². The van der Waals surface area contributed by atoms with Crippen molar-refractivity contribution in [1.29, 1.82) is 0 Å². The molecule has 0 saturated heterocycles. The second-order valence-electron chi connectivity index (χ2n) is 3.06. The summed E-state index contributed by atoms with van der Waals surface area (Å²) in [7, 11) is -3.22.